The van der Waals surface area contributed by atoms with E-state index in [0.717, 1.165) is 39.3 Å². The number of anilines is 2. The minimum Gasteiger partial charge on any atom is -0.485 e. The van der Waals surface area contributed by atoms with Crippen molar-refractivity contribution < 1.29 is 18.8 Å². The quantitative estimate of drug-likeness (QED) is 0.332. The summed E-state index contributed by atoms with van der Waals surface area (Å²) in [5, 5.41) is 9.16. The highest BCUT2D eigenvalue weighted by Crippen LogP contribution is 2.24. The molecule has 0 bridgehead atoms. The van der Waals surface area contributed by atoms with E-state index in [-0.39, 0.29) is 5.41 Å². The molecule has 2 aromatic rings. The van der Waals surface area contributed by atoms with Gasteiger partial charge in [-0.15, -0.1) is 0 Å². The maximum absolute atomic E-state index is 12.2. The Balaban J connectivity index is 1.24. The van der Waals surface area contributed by atoms with Crippen molar-refractivity contribution >= 4 is 17.7 Å². The number of urea groups is 1. The van der Waals surface area contributed by atoms with Crippen LogP contribution in [-0.2, 0) is 14.9 Å². The zero-order valence-corrected chi connectivity index (χ0v) is 21.4. The fourth-order valence-corrected chi connectivity index (χ4v) is 3.46. The lowest BCUT2D eigenvalue weighted by atomic mass is 9.93. The number of pyridine rings is 1. The van der Waals surface area contributed by atoms with Gasteiger partial charge in [-0.2, -0.15) is 0 Å². The largest absolute Gasteiger partial charge is 0.485 e. The summed E-state index contributed by atoms with van der Waals surface area (Å²) in [7, 11) is 0. The lowest BCUT2D eigenvalue weighted by molar-refractivity contribution is 0.0346. The van der Waals surface area contributed by atoms with E-state index in [9.17, 15) is 4.79 Å². The van der Waals surface area contributed by atoms with Crippen molar-refractivity contribution in [1.29, 1.82) is 0 Å². The Morgan fingerprint density at radius 3 is 2.62 bits per heavy atom. The van der Waals surface area contributed by atoms with Crippen LogP contribution in [0.2, 0.25) is 0 Å². The molecule has 0 saturated carbocycles. The van der Waals surface area contributed by atoms with E-state index in [1.54, 1.807) is 24.4 Å². The molecule has 9 nitrogen and oxygen atoms in total. The summed E-state index contributed by atoms with van der Waals surface area (Å²) in [6, 6.07) is 4.69. The number of aromatic nitrogens is 2. The molecule has 2 aliphatic rings. The van der Waals surface area contributed by atoms with Crippen LogP contribution in [0.3, 0.4) is 0 Å². The summed E-state index contributed by atoms with van der Waals surface area (Å²) in [5.41, 5.74) is 7.23. The molecule has 0 unspecified atom stereocenters. The van der Waals surface area contributed by atoms with Crippen molar-refractivity contribution in [2.45, 2.75) is 32.6 Å². The van der Waals surface area contributed by atoms with Crippen LogP contribution in [0.5, 0.6) is 0 Å². The molecule has 0 atom stereocenters. The van der Waals surface area contributed by atoms with Crippen LogP contribution in [0.1, 0.15) is 38.5 Å². The third-order valence-corrected chi connectivity index (χ3v) is 5.54. The van der Waals surface area contributed by atoms with Gasteiger partial charge in [-0.25, -0.2) is 9.78 Å². The minimum atomic E-state index is -0.464. The number of amides is 2. The number of ether oxygens (including phenoxy) is 2. The number of morpholine rings is 1. The van der Waals surface area contributed by atoms with Crippen LogP contribution < -0.4 is 10.6 Å². The first-order valence-electron chi connectivity index (χ1n) is 12.3. The summed E-state index contributed by atoms with van der Waals surface area (Å²) in [5.74, 6) is 8.13. The van der Waals surface area contributed by atoms with E-state index >= 15 is 0 Å². The Morgan fingerprint density at radius 2 is 1.95 bits per heavy atom. The molecule has 0 radical (unpaired) electrons. The first kappa shape index (κ1) is 26.0. The lowest BCUT2D eigenvalue weighted by Crippen LogP contribution is -2.37. The smallest absolute Gasteiger partial charge is 0.326 e. The molecule has 3 heterocycles. The van der Waals surface area contributed by atoms with E-state index in [0.29, 0.717) is 40.9 Å². The van der Waals surface area contributed by atoms with Gasteiger partial charge in [-0.1, -0.05) is 37.8 Å². The fourth-order valence-electron chi connectivity index (χ4n) is 3.46. The summed E-state index contributed by atoms with van der Waals surface area (Å²) in [4.78, 5) is 18.8. The molecule has 1 aliphatic heterocycles. The van der Waals surface area contributed by atoms with Crippen molar-refractivity contribution in [3.63, 3.8) is 0 Å². The Hall–Kier alpha value is -4.05. The first-order valence-corrected chi connectivity index (χ1v) is 12.3. The molecule has 1 aliphatic carbocycles. The van der Waals surface area contributed by atoms with Crippen LogP contribution in [0, 0.1) is 11.8 Å². The molecule has 192 valence electrons. The predicted molar refractivity (Wildman–Crippen MR) is 140 cm³/mol. The molecule has 1 fully saturated rings. The summed E-state index contributed by atoms with van der Waals surface area (Å²) < 4.78 is 16.4. The van der Waals surface area contributed by atoms with Gasteiger partial charge in [0.1, 0.15) is 11.6 Å². The standard InChI is InChI=1S/C28H31N5O4/c1-28(2,3)24-19-26(32-37-24)31-27(34)30-25-12-9-22(20-29-25)6-5-21-7-10-23(11-8-21)36-16-4-13-33-14-17-35-18-15-33/h7,9-10,12,19-20H,4,13-18H2,1-3H3,(H2,29,30,31,32,34). The lowest BCUT2D eigenvalue weighted by Gasteiger charge is -2.26. The van der Waals surface area contributed by atoms with Crippen molar-refractivity contribution in [3.05, 3.63) is 70.7 Å². The number of allylic oxidation sites excluding steroid dienone is 3. The van der Waals surface area contributed by atoms with Gasteiger partial charge in [-0.05, 0) is 42.2 Å². The molecule has 1 saturated heterocycles. The molecular formula is C28H31N5O4. The maximum atomic E-state index is 12.2. The number of carbonyl (C=O) groups excluding carboxylic acids is 1. The van der Waals surface area contributed by atoms with E-state index in [4.69, 9.17) is 14.0 Å². The van der Waals surface area contributed by atoms with Gasteiger partial charge in [0.15, 0.2) is 11.6 Å². The van der Waals surface area contributed by atoms with Gasteiger partial charge < -0.3 is 14.0 Å². The van der Waals surface area contributed by atoms with Gasteiger partial charge >= 0.3 is 6.03 Å². The normalized spacial score (nSPS) is 15.3. The molecule has 2 amide bonds. The van der Waals surface area contributed by atoms with Crippen LogP contribution in [0.15, 0.2) is 63.9 Å². The molecule has 2 aromatic heterocycles. The third-order valence-electron chi connectivity index (χ3n) is 5.54. The molecule has 37 heavy (non-hydrogen) atoms. The average molecular weight is 502 g/mol. The second kappa shape index (κ2) is 12.3. The van der Waals surface area contributed by atoms with Gasteiger partial charge in [0, 0.05) is 42.9 Å². The number of hydrogen-bond donors (Lipinski definition) is 2. The van der Waals surface area contributed by atoms with E-state index in [1.165, 1.54) is 0 Å². The van der Waals surface area contributed by atoms with Crippen LogP contribution in [0.25, 0.3) is 0 Å². The zero-order chi connectivity index (χ0) is 26.1. The van der Waals surface area contributed by atoms with Gasteiger partial charge in [0.2, 0.25) is 0 Å². The van der Waals surface area contributed by atoms with Crippen LogP contribution in [-0.4, -0.2) is 60.5 Å². The molecule has 4 rings (SSSR count). The number of rotatable bonds is 7. The predicted octanol–water partition coefficient (Wildman–Crippen LogP) is 4.24. The monoisotopic (exact) mass is 501 g/mol. The maximum Gasteiger partial charge on any atom is 0.326 e. The second-order valence-electron chi connectivity index (χ2n) is 9.60. The number of nitrogens with zero attached hydrogens (tertiary/aromatic N) is 3. The van der Waals surface area contributed by atoms with Crippen molar-refractivity contribution in [1.82, 2.24) is 15.0 Å². The Bertz CT molecular complexity index is 1290. The van der Waals surface area contributed by atoms with Crippen LogP contribution >= 0.6 is 0 Å². The number of carbonyl (C=O) groups is 1. The SMILES string of the molecule is CC(C)(C)c1cc(NC(=O)Nc2ccc(C#CC3=C=C=C(OCCCN4CCOCC4)C=C3)cn2)no1. The Morgan fingerprint density at radius 1 is 1.14 bits per heavy atom. The van der Waals surface area contributed by atoms with Crippen molar-refractivity contribution in [2.24, 2.45) is 0 Å². The van der Waals surface area contributed by atoms with E-state index in [2.05, 4.69) is 49.0 Å². The van der Waals surface area contributed by atoms with Crippen molar-refractivity contribution in [3.8, 4) is 11.8 Å². The van der Waals surface area contributed by atoms with Crippen LogP contribution in [0.4, 0.5) is 16.4 Å². The fraction of sp³-hybridized carbons (Fsp3) is 0.393. The molecule has 0 spiro atoms. The Labute approximate surface area is 216 Å². The summed E-state index contributed by atoms with van der Waals surface area (Å²) >= 11 is 0. The highest BCUT2D eigenvalue weighted by Gasteiger charge is 2.20. The second-order valence-corrected chi connectivity index (χ2v) is 9.60. The first-order chi connectivity index (χ1) is 17.8. The number of hydrogen-bond acceptors (Lipinski definition) is 7. The topological polar surface area (TPSA) is 102 Å². The van der Waals surface area contributed by atoms with Gasteiger partial charge in [0.25, 0.3) is 0 Å². The molecular weight excluding hydrogens is 470 g/mol. The summed E-state index contributed by atoms with van der Waals surface area (Å²) in [6.45, 7) is 11.2. The van der Waals surface area contributed by atoms with Gasteiger partial charge in [-0.3, -0.25) is 15.5 Å². The summed E-state index contributed by atoms with van der Waals surface area (Å²) in [6.07, 6.45) is 6.24. The molecule has 0 aromatic carbocycles. The minimum absolute atomic E-state index is 0.198. The zero-order valence-electron chi connectivity index (χ0n) is 21.4. The highest BCUT2D eigenvalue weighted by molar-refractivity contribution is 5.98. The molecule has 2 N–H and O–H groups in total. The third kappa shape index (κ3) is 8.25. The number of nitrogens with one attached hydrogen (secondary N) is 2. The average Bonchev–Trinajstić information content (AvgIpc) is 3.37. The van der Waals surface area contributed by atoms with E-state index < -0.39 is 6.03 Å². The molecule has 9 heteroatoms. The highest BCUT2D eigenvalue weighted by atomic mass is 16.5. The van der Waals surface area contributed by atoms with Gasteiger partial charge in [0.05, 0.1) is 25.4 Å². The van der Waals surface area contributed by atoms with E-state index in [1.807, 2.05) is 32.9 Å². The Kier molecular flexibility index (Phi) is 8.63. The van der Waals surface area contributed by atoms with Crippen molar-refractivity contribution in [2.75, 3.05) is 50.1 Å².